The van der Waals surface area contributed by atoms with E-state index in [0.717, 1.165) is 50.9 Å². The number of carbonyl (C=O) groups is 2. The molecule has 5 aromatic carbocycles. The van der Waals surface area contributed by atoms with Gasteiger partial charge < -0.3 is 78.0 Å². The van der Waals surface area contributed by atoms with Gasteiger partial charge in [0.05, 0.1) is 65.5 Å². The van der Waals surface area contributed by atoms with E-state index in [1.807, 2.05) is 85.8 Å². The summed E-state index contributed by atoms with van der Waals surface area (Å²) in [6.45, 7) is 3.39. The summed E-state index contributed by atoms with van der Waals surface area (Å²) in [5.74, 6) is 2.81. The summed E-state index contributed by atoms with van der Waals surface area (Å²) in [5.41, 5.74) is 34.1. The number of ketones is 1. The van der Waals surface area contributed by atoms with Crippen LogP contribution in [-0.4, -0.2) is 138 Å². The number of esters is 1. The molecule has 0 saturated carbocycles. The normalized spacial score (nSPS) is 11.0. The van der Waals surface area contributed by atoms with Crippen molar-refractivity contribution >= 4 is 117 Å². The summed E-state index contributed by atoms with van der Waals surface area (Å²) in [6.07, 6.45) is 11.2. The van der Waals surface area contributed by atoms with Gasteiger partial charge in [0.2, 0.25) is 0 Å². The Kier molecular flexibility index (Phi) is 27.5. The molecule has 4 aromatic heterocycles. The quantitative estimate of drug-likeness (QED) is 0.0128. The van der Waals surface area contributed by atoms with Gasteiger partial charge in [-0.1, -0.05) is 85.5 Å². The van der Waals surface area contributed by atoms with Crippen LogP contribution in [0.5, 0.6) is 0 Å². The Balaban J connectivity index is 0.000000200. The maximum absolute atomic E-state index is 11.4. The molecule has 0 aliphatic heterocycles. The van der Waals surface area contributed by atoms with Crippen molar-refractivity contribution in [1.82, 2.24) is 39.9 Å². The molecule has 0 radical (unpaired) electrons. The largest absolute Gasteiger partial charge is 0.465 e. The van der Waals surface area contributed by atoms with Crippen LogP contribution in [0.1, 0.15) is 73.5 Å². The van der Waals surface area contributed by atoms with Crippen molar-refractivity contribution in [3.63, 3.8) is 0 Å². The molecule has 12 N–H and O–H groups in total. The van der Waals surface area contributed by atoms with E-state index in [1.54, 1.807) is 48.5 Å². The van der Waals surface area contributed by atoms with Crippen molar-refractivity contribution in [3.8, 4) is 0 Å². The van der Waals surface area contributed by atoms with E-state index in [-0.39, 0.29) is 17.4 Å². The number of ether oxygens (including phenoxy) is 1. The number of oxime groups is 6. The van der Waals surface area contributed by atoms with Crippen molar-refractivity contribution in [2.24, 2.45) is 30.9 Å². The van der Waals surface area contributed by atoms with Crippen molar-refractivity contribution in [1.29, 1.82) is 0 Å². The highest BCUT2D eigenvalue weighted by molar-refractivity contribution is 6.12. The van der Waals surface area contributed by atoms with Gasteiger partial charge in [0.15, 0.2) is 5.78 Å². The lowest BCUT2D eigenvalue weighted by Crippen LogP contribution is -2.06. The first-order valence-corrected chi connectivity index (χ1v) is 27.7. The van der Waals surface area contributed by atoms with Gasteiger partial charge in [-0.05, 0) is 92.2 Å². The zero-order valence-corrected chi connectivity index (χ0v) is 52.5. The molecule has 31 nitrogen and oxygen atoms in total. The second kappa shape index (κ2) is 36.9. The smallest absolute Gasteiger partial charge is 0.337 e. The predicted molar refractivity (Wildman–Crippen MR) is 363 cm³/mol. The fourth-order valence-electron chi connectivity index (χ4n) is 7.76. The fraction of sp³-hybridized carbons (Fsp3) is 0.143. The third-order valence-corrected chi connectivity index (χ3v) is 12.4. The lowest BCUT2D eigenvalue weighted by atomic mass is 10.0. The Morgan fingerprint density at radius 1 is 0.362 bits per heavy atom. The molecular formula is C63H68N22O9. The van der Waals surface area contributed by atoms with E-state index in [0.29, 0.717) is 68.3 Å². The first kappa shape index (κ1) is 69.9. The van der Waals surface area contributed by atoms with E-state index in [1.165, 1.54) is 107 Å². The minimum atomic E-state index is -0.397. The van der Waals surface area contributed by atoms with Crippen molar-refractivity contribution in [2.45, 2.75) is 13.8 Å². The molecule has 0 aliphatic rings. The second-order valence-electron chi connectivity index (χ2n) is 18.5. The average Bonchev–Trinajstić information content (AvgIpc) is 1.00. The van der Waals surface area contributed by atoms with Crippen LogP contribution in [0.4, 0.5) is 69.3 Å². The third-order valence-electron chi connectivity index (χ3n) is 12.4. The fourth-order valence-corrected chi connectivity index (χ4v) is 7.76. The number of anilines is 12. The summed E-state index contributed by atoms with van der Waals surface area (Å²) in [7, 11) is 10.1. The molecule has 31 heteroatoms. The third kappa shape index (κ3) is 21.0. The second-order valence-corrected chi connectivity index (χ2v) is 18.5. The molecule has 94 heavy (non-hydrogen) atoms. The summed E-state index contributed by atoms with van der Waals surface area (Å²) in [6, 6.07) is 39.0. The molecule has 0 bridgehead atoms. The monoisotopic (exact) mass is 1280 g/mol. The van der Waals surface area contributed by atoms with E-state index in [2.05, 4.69) is 111 Å². The number of nitrogens with zero attached hydrogens (tertiary/aromatic N) is 14. The van der Waals surface area contributed by atoms with Crippen molar-refractivity contribution in [3.05, 3.63) is 203 Å². The van der Waals surface area contributed by atoms with Gasteiger partial charge in [0.1, 0.15) is 120 Å². The molecule has 0 atom stereocenters. The SMILES string of the molecule is CO/N=C/c1c(N)ncnc1Nc1ccc(/C(=N/OC)c2ccccc2)cc1.CO/N=C/c1c(N)ncnc1Nc1ccc(/C(C)=N/OC)cc1.CO/N=C/c1c(N)ncnc1Nc1ccc(C(=O)OC)cc1.CO/N=C/c1c(N)ncnc1Nc1ccc(C(C)=O)cc1. The Bertz CT molecular complexity index is 4090. The highest BCUT2D eigenvalue weighted by Crippen LogP contribution is 2.26. The Morgan fingerprint density at radius 2 is 0.660 bits per heavy atom. The molecule has 0 saturated heterocycles. The van der Waals surface area contributed by atoms with Crippen LogP contribution in [0.2, 0.25) is 0 Å². The number of benzene rings is 5. The molecule has 0 spiro atoms. The van der Waals surface area contributed by atoms with E-state index < -0.39 is 5.97 Å². The van der Waals surface area contributed by atoms with Gasteiger partial charge in [0, 0.05) is 39.4 Å². The topological polar surface area (TPSA) is 428 Å². The number of nitrogen functional groups attached to an aromatic ring is 4. The summed E-state index contributed by atoms with van der Waals surface area (Å²) in [4.78, 5) is 83.5. The molecule has 9 rings (SSSR count). The summed E-state index contributed by atoms with van der Waals surface area (Å²) >= 11 is 0. The van der Waals surface area contributed by atoms with Gasteiger partial charge in [-0.3, -0.25) is 4.79 Å². The van der Waals surface area contributed by atoms with Gasteiger partial charge in [-0.15, -0.1) is 0 Å². The van der Waals surface area contributed by atoms with Gasteiger partial charge in [-0.2, -0.15) is 0 Å². The Morgan fingerprint density at radius 3 is 0.957 bits per heavy atom. The van der Waals surface area contributed by atoms with Crippen LogP contribution in [0.15, 0.2) is 184 Å². The first-order valence-electron chi connectivity index (χ1n) is 27.7. The standard InChI is InChI=1S/C20H20N6O2.C15H18N6O2.C14H15N5O3.C14H15N5O2/c1-27-24-12-17-19(21)22-13-23-20(17)25-16-10-8-15(9-11-16)18(26-28-2)14-6-4-3-5-7-14;1-10(21-23-3)11-4-6-12(7-5-11)20-15-13(8-19-22-2)14(16)17-9-18-15;1-21-14(20)9-3-5-10(6-4-9)19-13-11(7-18-22-2)12(15)16-8-17-13;1-9(20)10-3-5-11(6-4-10)19-14-12(7-18-21-2)13(15)16-8-17-14/h3-13H,1-2H3,(H3,21,22,23,25);4-9H,1-3H3,(H3,16,17,18,20);3-8H,1-2H3,(H3,15,16,17,19);3-8H,1-2H3,(H3,15,16,17,19)/b24-12+,26-18+;19-8+,21-10+;2*18-7+. The van der Waals surface area contributed by atoms with Crippen LogP contribution in [0, 0.1) is 0 Å². The van der Waals surface area contributed by atoms with Gasteiger partial charge in [-0.25, -0.2) is 44.7 Å². The van der Waals surface area contributed by atoms with E-state index >= 15 is 0 Å². The minimum Gasteiger partial charge on any atom is -0.465 e. The number of hydrogen-bond donors (Lipinski definition) is 8. The van der Waals surface area contributed by atoms with E-state index in [4.69, 9.17) is 37.4 Å². The van der Waals surface area contributed by atoms with Crippen molar-refractivity contribution in [2.75, 3.05) is 94.0 Å². The maximum atomic E-state index is 11.4. The number of Topliss-reactive ketones (excluding diaryl/α,β-unsaturated/α-hetero) is 1. The molecule has 484 valence electrons. The van der Waals surface area contributed by atoms with Crippen LogP contribution in [0.25, 0.3) is 0 Å². The minimum absolute atomic E-state index is 0.0146. The summed E-state index contributed by atoms with van der Waals surface area (Å²) < 4.78 is 4.65. The summed E-state index contributed by atoms with van der Waals surface area (Å²) in [5, 5.41) is 35.4. The number of rotatable bonds is 23. The van der Waals surface area contributed by atoms with Crippen LogP contribution in [0.3, 0.4) is 0 Å². The molecule has 0 amide bonds. The molecule has 0 aliphatic carbocycles. The lowest BCUT2D eigenvalue weighted by molar-refractivity contribution is 0.0600. The average molecular weight is 1280 g/mol. The number of nitrogens with one attached hydrogen (secondary N) is 4. The molecule has 0 fully saturated rings. The molecule has 0 unspecified atom stereocenters. The highest BCUT2D eigenvalue weighted by atomic mass is 16.6. The van der Waals surface area contributed by atoms with Gasteiger partial charge >= 0.3 is 5.97 Å². The highest BCUT2D eigenvalue weighted by Gasteiger charge is 2.14. The van der Waals surface area contributed by atoms with Crippen molar-refractivity contribution < 1.29 is 43.4 Å². The zero-order chi connectivity index (χ0) is 67.6. The number of aromatic nitrogens is 8. The number of nitrogens with two attached hydrogens (primary N) is 4. The lowest BCUT2D eigenvalue weighted by Gasteiger charge is -2.11. The molecule has 4 heterocycles. The molecular weight excluding hydrogens is 1210 g/mol. The number of methoxy groups -OCH3 is 1. The molecule has 9 aromatic rings. The van der Waals surface area contributed by atoms with Crippen LogP contribution < -0.4 is 44.2 Å². The Hall–Kier alpha value is -13.2. The predicted octanol–water partition coefficient (Wildman–Crippen LogP) is 8.89. The first-order chi connectivity index (χ1) is 45.6. The zero-order valence-electron chi connectivity index (χ0n) is 52.5. The maximum Gasteiger partial charge on any atom is 0.337 e. The Labute approximate surface area is 540 Å². The van der Waals surface area contributed by atoms with E-state index in [9.17, 15) is 9.59 Å². The van der Waals surface area contributed by atoms with Gasteiger partial charge in [0.25, 0.3) is 0 Å². The number of carbonyl (C=O) groups excluding carboxylic acids is 2. The van der Waals surface area contributed by atoms with Crippen LogP contribution in [-0.2, 0) is 33.8 Å². The van der Waals surface area contributed by atoms with Crippen LogP contribution >= 0.6 is 0 Å². The number of hydrogen-bond acceptors (Lipinski definition) is 31.